The van der Waals surface area contributed by atoms with Crippen LogP contribution in [0.1, 0.15) is 16.8 Å². The van der Waals surface area contributed by atoms with Crippen LogP contribution in [0.25, 0.3) is 10.9 Å². The Labute approximate surface area is 173 Å². The summed E-state index contributed by atoms with van der Waals surface area (Å²) in [4.78, 5) is 26.2. The Morgan fingerprint density at radius 1 is 1.07 bits per heavy atom. The maximum absolute atomic E-state index is 14.0. The van der Waals surface area contributed by atoms with Crippen molar-refractivity contribution in [3.05, 3.63) is 81.1 Å². The van der Waals surface area contributed by atoms with E-state index in [4.69, 9.17) is 0 Å². The SMILES string of the molecule is CN(C)CCc1ccc2c(=O)cc(CCc3cccc(F)c3F)n(CC(=O)O)c2c1. The van der Waals surface area contributed by atoms with Crippen LogP contribution in [0.3, 0.4) is 0 Å². The summed E-state index contributed by atoms with van der Waals surface area (Å²) in [5.74, 6) is -2.90. The predicted molar refractivity (Wildman–Crippen MR) is 112 cm³/mol. The number of carboxylic acid groups (broad SMARTS) is 1. The van der Waals surface area contributed by atoms with Gasteiger partial charge in [0.25, 0.3) is 0 Å². The summed E-state index contributed by atoms with van der Waals surface area (Å²) in [7, 11) is 3.93. The third-order valence-electron chi connectivity index (χ3n) is 5.09. The smallest absolute Gasteiger partial charge is 0.323 e. The zero-order valence-electron chi connectivity index (χ0n) is 17.0. The van der Waals surface area contributed by atoms with E-state index in [2.05, 4.69) is 0 Å². The molecule has 0 aliphatic carbocycles. The van der Waals surface area contributed by atoms with E-state index in [1.54, 1.807) is 10.6 Å². The molecule has 7 heteroatoms. The minimum atomic E-state index is -1.04. The van der Waals surface area contributed by atoms with E-state index in [1.165, 1.54) is 18.2 Å². The molecule has 158 valence electrons. The number of carbonyl (C=O) groups is 1. The van der Waals surface area contributed by atoms with Crippen molar-refractivity contribution in [1.82, 2.24) is 9.47 Å². The molecule has 0 aliphatic rings. The van der Waals surface area contributed by atoms with Crippen molar-refractivity contribution in [3.63, 3.8) is 0 Å². The number of aryl methyl sites for hydroxylation is 2. The first-order valence-electron chi connectivity index (χ1n) is 9.71. The lowest BCUT2D eigenvalue weighted by Crippen LogP contribution is -2.20. The van der Waals surface area contributed by atoms with E-state index in [-0.39, 0.29) is 30.4 Å². The number of carboxylic acids is 1. The Morgan fingerprint density at radius 3 is 2.53 bits per heavy atom. The van der Waals surface area contributed by atoms with Gasteiger partial charge in [0, 0.05) is 23.7 Å². The van der Waals surface area contributed by atoms with Gasteiger partial charge in [0.05, 0.1) is 5.52 Å². The molecule has 3 rings (SSSR count). The number of nitrogens with zero attached hydrogens (tertiary/aromatic N) is 2. The number of halogens is 2. The van der Waals surface area contributed by atoms with Crippen molar-refractivity contribution >= 4 is 16.9 Å². The monoisotopic (exact) mass is 414 g/mol. The molecule has 0 radical (unpaired) electrons. The number of fused-ring (bicyclic) bond motifs is 1. The van der Waals surface area contributed by atoms with E-state index in [0.717, 1.165) is 24.6 Å². The maximum Gasteiger partial charge on any atom is 0.323 e. The van der Waals surface area contributed by atoms with Crippen molar-refractivity contribution in [1.29, 1.82) is 0 Å². The van der Waals surface area contributed by atoms with Crippen molar-refractivity contribution < 1.29 is 18.7 Å². The Kier molecular flexibility index (Phi) is 6.62. The molecule has 0 unspecified atom stereocenters. The summed E-state index contributed by atoms with van der Waals surface area (Å²) in [6, 6.07) is 10.8. The van der Waals surface area contributed by atoms with Crippen LogP contribution in [0.15, 0.2) is 47.3 Å². The molecule has 1 aromatic heterocycles. The van der Waals surface area contributed by atoms with E-state index >= 15 is 0 Å². The fourth-order valence-corrected chi connectivity index (χ4v) is 3.51. The first kappa shape index (κ1) is 21.6. The number of rotatable bonds is 8. The minimum absolute atomic E-state index is 0.147. The Balaban J connectivity index is 2.04. The lowest BCUT2D eigenvalue weighted by Gasteiger charge is -2.17. The van der Waals surface area contributed by atoms with Gasteiger partial charge in [-0.05, 0) is 62.7 Å². The van der Waals surface area contributed by atoms with Crippen molar-refractivity contribution in [3.8, 4) is 0 Å². The number of hydrogen-bond donors (Lipinski definition) is 1. The molecule has 0 atom stereocenters. The number of likely N-dealkylation sites (N-methyl/N-ethyl adjacent to an activating group) is 1. The van der Waals surface area contributed by atoms with E-state index in [9.17, 15) is 23.5 Å². The average molecular weight is 414 g/mol. The minimum Gasteiger partial charge on any atom is -0.480 e. The number of aromatic nitrogens is 1. The molecule has 5 nitrogen and oxygen atoms in total. The summed E-state index contributed by atoms with van der Waals surface area (Å²) in [6.07, 6.45) is 1.11. The average Bonchev–Trinajstić information content (AvgIpc) is 2.69. The van der Waals surface area contributed by atoms with Gasteiger partial charge in [-0.2, -0.15) is 0 Å². The second-order valence-electron chi connectivity index (χ2n) is 7.60. The summed E-state index contributed by atoms with van der Waals surface area (Å²) < 4.78 is 29.1. The quantitative estimate of drug-likeness (QED) is 0.615. The van der Waals surface area contributed by atoms with E-state index < -0.39 is 17.6 Å². The normalized spacial score (nSPS) is 11.4. The zero-order valence-corrected chi connectivity index (χ0v) is 17.0. The lowest BCUT2D eigenvalue weighted by atomic mass is 10.0. The van der Waals surface area contributed by atoms with Gasteiger partial charge in [-0.1, -0.05) is 18.2 Å². The largest absolute Gasteiger partial charge is 0.480 e. The first-order valence-corrected chi connectivity index (χ1v) is 9.71. The van der Waals surface area contributed by atoms with Crippen LogP contribution < -0.4 is 5.43 Å². The molecule has 0 saturated heterocycles. The fourth-order valence-electron chi connectivity index (χ4n) is 3.51. The summed E-state index contributed by atoms with van der Waals surface area (Å²) in [6.45, 7) is 0.488. The molecule has 0 spiro atoms. The lowest BCUT2D eigenvalue weighted by molar-refractivity contribution is -0.137. The Hall–Kier alpha value is -3.06. The van der Waals surface area contributed by atoms with E-state index in [0.29, 0.717) is 16.6 Å². The molecule has 0 fully saturated rings. The molecular weight excluding hydrogens is 390 g/mol. The van der Waals surface area contributed by atoms with Crippen LogP contribution in [-0.2, 0) is 30.6 Å². The van der Waals surface area contributed by atoms with Gasteiger partial charge in [0.15, 0.2) is 17.1 Å². The van der Waals surface area contributed by atoms with Crippen LogP contribution >= 0.6 is 0 Å². The van der Waals surface area contributed by atoms with Crippen LogP contribution in [-0.4, -0.2) is 41.2 Å². The van der Waals surface area contributed by atoms with Gasteiger partial charge in [0.2, 0.25) is 0 Å². The van der Waals surface area contributed by atoms with Gasteiger partial charge in [-0.25, -0.2) is 8.78 Å². The number of pyridine rings is 1. The van der Waals surface area contributed by atoms with Gasteiger partial charge in [0.1, 0.15) is 6.54 Å². The second-order valence-corrected chi connectivity index (χ2v) is 7.60. The van der Waals surface area contributed by atoms with Crippen LogP contribution in [0.5, 0.6) is 0 Å². The molecule has 0 saturated carbocycles. The Bertz CT molecular complexity index is 1140. The molecule has 2 aromatic carbocycles. The Morgan fingerprint density at radius 2 is 1.83 bits per heavy atom. The second kappa shape index (κ2) is 9.17. The summed E-state index contributed by atoms with van der Waals surface area (Å²) >= 11 is 0. The molecule has 0 aliphatic heterocycles. The highest BCUT2D eigenvalue weighted by molar-refractivity contribution is 5.81. The van der Waals surface area contributed by atoms with Gasteiger partial charge in [-0.3, -0.25) is 9.59 Å². The predicted octanol–water partition coefficient (Wildman–Crippen LogP) is 3.25. The number of hydrogen-bond acceptors (Lipinski definition) is 3. The molecule has 30 heavy (non-hydrogen) atoms. The number of benzene rings is 2. The summed E-state index contributed by atoms with van der Waals surface area (Å²) in [5, 5.41) is 9.85. The topological polar surface area (TPSA) is 62.5 Å². The highest BCUT2D eigenvalue weighted by Gasteiger charge is 2.14. The van der Waals surface area contributed by atoms with Crippen molar-refractivity contribution in [2.45, 2.75) is 25.8 Å². The van der Waals surface area contributed by atoms with Crippen molar-refractivity contribution in [2.24, 2.45) is 0 Å². The highest BCUT2D eigenvalue weighted by Crippen LogP contribution is 2.19. The molecule has 3 aromatic rings. The van der Waals surface area contributed by atoms with Crippen LogP contribution in [0, 0.1) is 11.6 Å². The van der Waals surface area contributed by atoms with Gasteiger partial charge >= 0.3 is 5.97 Å². The molecule has 0 bridgehead atoms. The third kappa shape index (κ3) is 4.91. The fraction of sp³-hybridized carbons (Fsp3) is 0.304. The molecule has 1 N–H and O–H groups in total. The highest BCUT2D eigenvalue weighted by atomic mass is 19.2. The standard InChI is InChI=1S/C23H24F2N2O3/c1-26(2)11-10-15-6-9-18-20(12-15)27(14-22(29)30)17(13-21(18)28)8-7-16-4-3-5-19(24)23(16)25/h3-6,9,12-13H,7-8,10-11,14H2,1-2H3,(H,29,30). The number of aliphatic carboxylic acids is 1. The molecular formula is C23H24F2N2O3. The molecule has 1 heterocycles. The van der Waals surface area contributed by atoms with Gasteiger partial charge in [-0.15, -0.1) is 0 Å². The third-order valence-corrected chi connectivity index (χ3v) is 5.09. The van der Waals surface area contributed by atoms with Crippen LogP contribution in [0.4, 0.5) is 8.78 Å². The maximum atomic E-state index is 14.0. The van der Waals surface area contributed by atoms with Crippen LogP contribution in [0.2, 0.25) is 0 Å². The first-order chi connectivity index (χ1) is 14.3. The van der Waals surface area contributed by atoms with Gasteiger partial charge < -0.3 is 14.6 Å². The van der Waals surface area contributed by atoms with E-state index in [1.807, 2.05) is 31.1 Å². The molecule has 0 amide bonds. The van der Waals surface area contributed by atoms with Crippen molar-refractivity contribution in [2.75, 3.05) is 20.6 Å². The zero-order chi connectivity index (χ0) is 21.8. The summed E-state index contributed by atoms with van der Waals surface area (Å²) in [5.41, 5.74) is 1.96.